The first kappa shape index (κ1) is 13.3. The predicted molar refractivity (Wildman–Crippen MR) is 79.7 cm³/mol. The molecule has 0 amide bonds. The van der Waals surface area contributed by atoms with E-state index in [-0.39, 0.29) is 5.97 Å². The summed E-state index contributed by atoms with van der Waals surface area (Å²) in [6, 6.07) is 10.1. The molecule has 0 aliphatic carbocycles. The van der Waals surface area contributed by atoms with Crippen LogP contribution in [0.4, 0.5) is 5.13 Å². The number of pyridine rings is 1. The van der Waals surface area contributed by atoms with Gasteiger partial charge in [-0.15, -0.1) is 0 Å². The first-order chi connectivity index (χ1) is 10.2. The molecular weight excluding hydrogens is 290 g/mol. The molecule has 106 valence electrons. The van der Waals surface area contributed by atoms with Crippen LogP contribution in [0.15, 0.2) is 36.4 Å². The molecule has 3 rings (SSSR count). The van der Waals surface area contributed by atoms with E-state index in [0.29, 0.717) is 22.3 Å². The molecule has 0 saturated carbocycles. The fourth-order valence-corrected chi connectivity index (χ4v) is 2.47. The highest BCUT2D eigenvalue weighted by molar-refractivity contribution is 7.21. The van der Waals surface area contributed by atoms with Gasteiger partial charge in [-0.25, -0.2) is 14.8 Å². The Morgan fingerprint density at radius 3 is 2.62 bits per heavy atom. The van der Waals surface area contributed by atoms with Crippen molar-refractivity contribution in [1.29, 1.82) is 0 Å². The molecular formula is C14H11N3O3S. The van der Waals surface area contributed by atoms with Crippen LogP contribution in [0, 0.1) is 0 Å². The van der Waals surface area contributed by atoms with Crippen LogP contribution in [0.1, 0.15) is 10.4 Å². The van der Waals surface area contributed by atoms with Gasteiger partial charge in [0.05, 0.1) is 12.7 Å². The summed E-state index contributed by atoms with van der Waals surface area (Å²) < 4.78 is 10.3. The van der Waals surface area contributed by atoms with Crippen LogP contribution in [0.25, 0.3) is 10.3 Å². The van der Waals surface area contributed by atoms with Crippen LogP contribution in [0.5, 0.6) is 11.6 Å². The van der Waals surface area contributed by atoms with Gasteiger partial charge in [0.25, 0.3) is 0 Å². The van der Waals surface area contributed by atoms with Crippen molar-refractivity contribution in [3.05, 3.63) is 42.0 Å². The summed E-state index contributed by atoms with van der Waals surface area (Å²) in [5.41, 5.74) is 6.84. The van der Waals surface area contributed by atoms with Crippen molar-refractivity contribution >= 4 is 32.8 Å². The van der Waals surface area contributed by atoms with Crippen molar-refractivity contribution in [2.75, 3.05) is 12.8 Å². The van der Waals surface area contributed by atoms with Gasteiger partial charge < -0.3 is 15.2 Å². The first-order valence-electron chi connectivity index (χ1n) is 6.05. The Labute approximate surface area is 124 Å². The molecule has 6 nitrogen and oxygen atoms in total. The van der Waals surface area contributed by atoms with Gasteiger partial charge in [0, 0.05) is 6.07 Å². The highest BCUT2D eigenvalue weighted by atomic mass is 32.1. The number of methoxy groups -OCH3 is 1. The molecule has 2 aromatic heterocycles. The Balaban J connectivity index is 1.82. The van der Waals surface area contributed by atoms with E-state index in [1.54, 1.807) is 36.4 Å². The highest BCUT2D eigenvalue weighted by Crippen LogP contribution is 2.26. The lowest BCUT2D eigenvalue weighted by Crippen LogP contribution is -2.00. The topological polar surface area (TPSA) is 87.3 Å². The molecule has 0 fully saturated rings. The number of carbonyl (C=O) groups excluding carboxylic acids is 1. The second-order valence-corrected chi connectivity index (χ2v) is 5.15. The number of nitrogens with zero attached hydrogens (tertiary/aromatic N) is 2. The standard InChI is InChI=1S/C14H11N3O3S/c1-19-13(18)8-2-4-9(5-3-8)20-11-7-6-10-12(17-11)21-14(15)16-10/h2-7H,1H3,(H2,15,16). The molecule has 0 atom stereocenters. The number of hydrogen-bond donors (Lipinski definition) is 1. The van der Waals surface area contributed by atoms with Gasteiger partial charge in [0.15, 0.2) is 5.13 Å². The molecule has 0 bridgehead atoms. The zero-order valence-electron chi connectivity index (χ0n) is 11.1. The average molecular weight is 301 g/mol. The summed E-state index contributed by atoms with van der Waals surface area (Å²) in [6.07, 6.45) is 0. The number of thiazole rings is 1. The van der Waals surface area contributed by atoms with Gasteiger partial charge in [-0.1, -0.05) is 11.3 Å². The van der Waals surface area contributed by atoms with Gasteiger partial charge in [0.1, 0.15) is 16.1 Å². The molecule has 0 radical (unpaired) electrons. The third kappa shape index (κ3) is 2.77. The van der Waals surface area contributed by atoms with Crippen molar-refractivity contribution in [1.82, 2.24) is 9.97 Å². The van der Waals surface area contributed by atoms with Gasteiger partial charge in [-0.05, 0) is 30.3 Å². The molecule has 0 aliphatic heterocycles. The largest absolute Gasteiger partial charge is 0.465 e. The van der Waals surface area contributed by atoms with Crippen LogP contribution >= 0.6 is 11.3 Å². The lowest BCUT2D eigenvalue weighted by molar-refractivity contribution is 0.0600. The molecule has 0 aliphatic rings. The molecule has 2 heterocycles. The lowest BCUT2D eigenvalue weighted by Gasteiger charge is -2.05. The number of fused-ring (bicyclic) bond motifs is 1. The minimum Gasteiger partial charge on any atom is -0.465 e. The molecule has 2 N–H and O–H groups in total. The zero-order valence-corrected chi connectivity index (χ0v) is 11.9. The van der Waals surface area contributed by atoms with E-state index in [9.17, 15) is 4.79 Å². The van der Waals surface area contributed by atoms with Gasteiger partial charge in [0.2, 0.25) is 5.88 Å². The van der Waals surface area contributed by atoms with E-state index in [2.05, 4.69) is 14.7 Å². The maximum absolute atomic E-state index is 11.3. The summed E-state index contributed by atoms with van der Waals surface area (Å²) in [5.74, 6) is 0.630. The molecule has 1 aromatic carbocycles. The number of aromatic nitrogens is 2. The third-order valence-electron chi connectivity index (χ3n) is 2.74. The minimum atomic E-state index is -0.388. The van der Waals surface area contributed by atoms with Gasteiger partial charge >= 0.3 is 5.97 Å². The summed E-state index contributed by atoms with van der Waals surface area (Å²) >= 11 is 1.30. The van der Waals surface area contributed by atoms with Crippen LogP contribution in [0.2, 0.25) is 0 Å². The number of esters is 1. The first-order valence-corrected chi connectivity index (χ1v) is 6.86. The smallest absolute Gasteiger partial charge is 0.337 e. The number of anilines is 1. The van der Waals surface area contributed by atoms with Crippen molar-refractivity contribution < 1.29 is 14.3 Å². The van der Waals surface area contributed by atoms with E-state index in [0.717, 1.165) is 10.3 Å². The maximum Gasteiger partial charge on any atom is 0.337 e. The SMILES string of the molecule is COC(=O)c1ccc(Oc2ccc3nc(N)sc3n2)cc1. The fourth-order valence-electron chi connectivity index (χ4n) is 1.77. The Morgan fingerprint density at radius 1 is 1.14 bits per heavy atom. The third-order valence-corrected chi connectivity index (χ3v) is 3.54. The zero-order chi connectivity index (χ0) is 14.8. The van der Waals surface area contributed by atoms with Gasteiger partial charge in [-0.2, -0.15) is 0 Å². The van der Waals surface area contributed by atoms with Crippen molar-refractivity contribution in [2.45, 2.75) is 0 Å². The second kappa shape index (κ2) is 5.37. The molecule has 0 spiro atoms. The van der Waals surface area contributed by atoms with Gasteiger partial charge in [-0.3, -0.25) is 0 Å². The van der Waals surface area contributed by atoms with Crippen LogP contribution in [-0.2, 0) is 4.74 Å². The Hall–Kier alpha value is -2.67. The molecule has 3 aromatic rings. The normalized spacial score (nSPS) is 10.5. The van der Waals surface area contributed by atoms with Crippen molar-refractivity contribution in [2.24, 2.45) is 0 Å². The number of ether oxygens (including phenoxy) is 2. The number of nitrogen functional groups attached to an aromatic ring is 1. The number of rotatable bonds is 3. The fraction of sp³-hybridized carbons (Fsp3) is 0.0714. The maximum atomic E-state index is 11.3. The lowest BCUT2D eigenvalue weighted by atomic mass is 10.2. The quantitative estimate of drug-likeness (QED) is 0.748. The Bertz CT molecular complexity index is 799. The van der Waals surface area contributed by atoms with E-state index >= 15 is 0 Å². The van der Waals surface area contributed by atoms with E-state index in [1.807, 2.05) is 0 Å². The highest BCUT2D eigenvalue weighted by Gasteiger charge is 2.07. The summed E-state index contributed by atoms with van der Waals surface area (Å²) in [4.78, 5) is 20.5. The molecule has 0 unspecified atom stereocenters. The Morgan fingerprint density at radius 2 is 1.90 bits per heavy atom. The molecule has 21 heavy (non-hydrogen) atoms. The van der Waals surface area contributed by atoms with Crippen LogP contribution in [0.3, 0.4) is 0 Å². The Kier molecular flexibility index (Phi) is 3.41. The summed E-state index contributed by atoms with van der Waals surface area (Å²) in [6.45, 7) is 0. The monoisotopic (exact) mass is 301 g/mol. The van der Waals surface area contributed by atoms with Crippen molar-refractivity contribution in [3.8, 4) is 11.6 Å². The number of nitrogens with two attached hydrogens (primary N) is 1. The van der Waals surface area contributed by atoms with Crippen LogP contribution in [-0.4, -0.2) is 23.0 Å². The van der Waals surface area contributed by atoms with Crippen molar-refractivity contribution in [3.63, 3.8) is 0 Å². The summed E-state index contributed by atoms with van der Waals surface area (Å²) in [5, 5.41) is 0.470. The average Bonchev–Trinajstić information content (AvgIpc) is 2.86. The molecule has 7 heteroatoms. The van der Waals surface area contributed by atoms with Crippen LogP contribution < -0.4 is 10.5 Å². The summed E-state index contributed by atoms with van der Waals surface area (Å²) in [7, 11) is 1.34. The number of carbonyl (C=O) groups is 1. The van der Waals surface area contributed by atoms with E-state index in [4.69, 9.17) is 10.5 Å². The minimum absolute atomic E-state index is 0.388. The second-order valence-electron chi connectivity index (χ2n) is 4.14. The molecule has 0 saturated heterocycles. The predicted octanol–water partition coefficient (Wildman–Crippen LogP) is 2.85. The van der Waals surface area contributed by atoms with E-state index in [1.165, 1.54) is 18.4 Å². The number of hydrogen-bond acceptors (Lipinski definition) is 7. The van der Waals surface area contributed by atoms with E-state index < -0.39 is 0 Å². The number of benzene rings is 1.